The predicted octanol–water partition coefficient (Wildman–Crippen LogP) is 3.85. The molecular formula is C14H11BrFNO. The zero-order chi connectivity index (χ0) is 13.1. The molecule has 0 aliphatic rings. The summed E-state index contributed by atoms with van der Waals surface area (Å²) in [6.45, 7) is 1.64. The molecule has 2 aromatic rings. The van der Waals surface area contributed by atoms with Gasteiger partial charge in [-0.25, -0.2) is 4.39 Å². The normalized spacial score (nSPS) is 12.2. The van der Waals surface area contributed by atoms with E-state index in [4.69, 9.17) is 0 Å². The molecule has 1 atom stereocenters. The van der Waals surface area contributed by atoms with Crippen LogP contribution < -0.4 is 0 Å². The average molecular weight is 308 g/mol. The first-order chi connectivity index (χ1) is 8.59. The van der Waals surface area contributed by atoms with Crippen LogP contribution in [0.15, 0.2) is 42.7 Å². The van der Waals surface area contributed by atoms with E-state index < -0.39 is 4.83 Å². The number of alkyl halides is 1. The molecule has 1 heterocycles. The molecule has 0 aliphatic heterocycles. The van der Waals surface area contributed by atoms with Crippen molar-refractivity contribution < 1.29 is 9.18 Å². The third kappa shape index (κ3) is 2.64. The first kappa shape index (κ1) is 12.9. The molecule has 0 amide bonds. The first-order valence-corrected chi connectivity index (χ1v) is 6.35. The minimum absolute atomic E-state index is 0.0932. The number of ketones is 1. The molecule has 0 fully saturated rings. The van der Waals surface area contributed by atoms with Crippen LogP contribution in [0.5, 0.6) is 0 Å². The molecule has 2 rings (SSSR count). The van der Waals surface area contributed by atoms with Crippen molar-refractivity contribution in [2.24, 2.45) is 0 Å². The Morgan fingerprint density at radius 3 is 2.56 bits per heavy atom. The minimum atomic E-state index is -0.439. The highest BCUT2D eigenvalue weighted by atomic mass is 79.9. The Hall–Kier alpha value is -1.55. The van der Waals surface area contributed by atoms with Crippen molar-refractivity contribution in [2.75, 3.05) is 0 Å². The second kappa shape index (κ2) is 5.40. The number of rotatable bonds is 3. The van der Waals surface area contributed by atoms with Gasteiger partial charge in [-0.3, -0.25) is 9.78 Å². The van der Waals surface area contributed by atoms with Crippen molar-refractivity contribution in [1.29, 1.82) is 0 Å². The standard InChI is InChI=1S/C14H11BrFNO/c1-9-8-11(2-3-12(9)16)14(18)13(15)10-4-6-17-7-5-10/h2-8,13H,1H3. The lowest BCUT2D eigenvalue weighted by atomic mass is 10.0. The number of pyridine rings is 1. The Labute approximate surface area is 113 Å². The Morgan fingerprint density at radius 1 is 1.28 bits per heavy atom. The number of aromatic nitrogens is 1. The Kier molecular flexibility index (Phi) is 3.87. The zero-order valence-corrected chi connectivity index (χ0v) is 11.3. The summed E-state index contributed by atoms with van der Waals surface area (Å²) >= 11 is 3.36. The summed E-state index contributed by atoms with van der Waals surface area (Å²) in [5.74, 6) is -0.397. The van der Waals surface area contributed by atoms with Crippen molar-refractivity contribution in [2.45, 2.75) is 11.8 Å². The van der Waals surface area contributed by atoms with E-state index in [0.717, 1.165) is 5.56 Å². The van der Waals surface area contributed by atoms with E-state index in [-0.39, 0.29) is 11.6 Å². The maximum atomic E-state index is 13.2. The van der Waals surface area contributed by atoms with E-state index in [1.807, 2.05) is 0 Å². The SMILES string of the molecule is Cc1cc(C(=O)C(Br)c2ccncc2)ccc1F. The van der Waals surface area contributed by atoms with Crippen LogP contribution in [0, 0.1) is 12.7 Å². The van der Waals surface area contributed by atoms with E-state index >= 15 is 0 Å². The Morgan fingerprint density at radius 2 is 1.94 bits per heavy atom. The Bertz CT molecular complexity index is 571. The maximum absolute atomic E-state index is 13.2. The van der Waals surface area contributed by atoms with Crippen LogP contribution in [-0.2, 0) is 0 Å². The highest BCUT2D eigenvalue weighted by molar-refractivity contribution is 9.09. The molecule has 1 unspecified atom stereocenters. The quantitative estimate of drug-likeness (QED) is 0.637. The fraction of sp³-hybridized carbons (Fsp3) is 0.143. The number of hydrogen-bond donors (Lipinski definition) is 0. The van der Waals surface area contributed by atoms with Crippen molar-refractivity contribution in [3.05, 3.63) is 65.2 Å². The van der Waals surface area contributed by atoms with Gasteiger partial charge in [0.05, 0.1) is 0 Å². The van der Waals surface area contributed by atoms with Gasteiger partial charge in [-0.1, -0.05) is 15.9 Å². The molecule has 4 heteroatoms. The summed E-state index contributed by atoms with van der Waals surface area (Å²) in [6, 6.07) is 7.92. The van der Waals surface area contributed by atoms with Crippen LogP contribution >= 0.6 is 15.9 Å². The molecule has 18 heavy (non-hydrogen) atoms. The van der Waals surface area contributed by atoms with Crippen LogP contribution in [0.25, 0.3) is 0 Å². The van der Waals surface area contributed by atoms with E-state index in [1.54, 1.807) is 37.5 Å². The van der Waals surface area contributed by atoms with E-state index in [2.05, 4.69) is 20.9 Å². The highest BCUT2D eigenvalue weighted by Gasteiger charge is 2.19. The van der Waals surface area contributed by atoms with Gasteiger partial charge in [-0.2, -0.15) is 0 Å². The molecule has 92 valence electrons. The molecule has 0 bridgehead atoms. The minimum Gasteiger partial charge on any atom is -0.293 e. The summed E-state index contributed by atoms with van der Waals surface area (Å²) in [6.07, 6.45) is 3.26. The molecule has 0 spiro atoms. The third-order valence-corrected chi connectivity index (χ3v) is 3.62. The molecule has 0 N–H and O–H groups in total. The topological polar surface area (TPSA) is 30.0 Å². The summed E-state index contributed by atoms with van der Waals surface area (Å²) in [7, 11) is 0. The van der Waals surface area contributed by atoms with Gasteiger partial charge in [0, 0.05) is 18.0 Å². The van der Waals surface area contributed by atoms with Gasteiger partial charge in [0.2, 0.25) is 0 Å². The van der Waals surface area contributed by atoms with E-state index in [9.17, 15) is 9.18 Å². The van der Waals surface area contributed by atoms with Crippen molar-refractivity contribution in [1.82, 2.24) is 4.98 Å². The van der Waals surface area contributed by atoms with Gasteiger partial charge >= 0.3 is 0 Å². The number of carbonyl (C=O) groups is 1. The first-order valence-electron chi connectivity index (χ1n) is 5.44. The van der Waals surface area contributed by atoms with Crippen molar-refractivity contribution >= 4 is 21.7 Å². The number of nitrogens with zero attached hydrogens (tertiary/aromatic N) is 1. The van der Waals surface area contributed by atoms with Crippen LogP contribution in [0.1, 0.15) is 26.3 Å². The average Bonchev–Trinajstić information content (AvgIpc) is 2.41. The monoisotopic (exact) mass is 307 g/mol. The summed E-state index contributed by atoms with van der Waals surface area (Å²) in [5.41, 5.74) is 1.79. The number of carbonyl (C=O) groups excluding carboxylic acids is 1. The fourth-order valence-corrected chi connectivity index (χ4v) is 2.20. The van der Waals surface area contributed by atoms with E-state index in [1.165, 1.54) is 12.1 Å². The lowest BCUT2D eigenvalue weighted by molar-refractivity contribution is 0.0991. The highest BCUT2D eigenvalue weighted by Crippen LogP contribution is 2.27. The Balaban J connectivity index is 2.29. The molecule has 0 radical (unpaired) electrons. The van der Waals surface area contributed by atoms with Crippen LogP contribution in [0.4, 0.5) is 4.39 Å². The van der Waals surface area contributed by atoms with Crippen molar-refractivity contribution in [3.63, 3.8) is 0 Å². The fourth-order valence-electron chi connectivity index (χ4n) is 1.63. The number of aryl methyl sites for hydroxylation is 1. The summed E-state index contributed by atoms with van der Waals surface area (Å²) in [4.78, 5) is 15.7. The number of halogens is 2. The van der Waals surface area contributed by atoms with Gasteiger partial charge < -0.3 is 0 Å². The van der Waals surface area contributed by atoms with Crippen LogP contribution in [0.2, 0.25) is 0 Å². The van der Waals surface area contributed by atoms with Gasteiger partial charge in [0.25, 0.3) is 0 Å². The molecule has 1 aromatic carbocycles. The number of hydrogen-bond acceptors (Lipinski definition) is 2. The molecule has 0 saturated heterocycles. The van der Waals surface area contributed by atoms with Gasteiger partial charge in [-0.05, 0) is 48.4 Å². The second-order valence-electron chi connectivity index (χ2n) is 3.97. The lowest BCUT2D eigenvalue weighted by Crippen LogP contribution is -2.07. The van der Waals surface area contributed by atoms with Gasteiger partial charge in [0.1, 0.15) is 10.6 Å². The van der Waals surface area contributed by atoms with E-state index in [0.29, 0.717) is 11.1 Å². The van der Waals surface area contributed by atoms with Crippen molar-refractivity contribution in [3.8, 4) is 0 Å². The number of benzene rings is 1. The maximum Gasteiger partial charge on any atom is 0.180 e. The molecule has 1 aromatic heterocycles. The summed E-state index contributed by atoms with van der Waals surface area (Å²) < 4.78 is 13.2. The lowest BCUT2D eigenvalue weighted by Gasteiger charge is -2.09. The van der Waals surface area contributed by atoms with Gasteiger partial charge in [-0.15, -0.1) is 0 Å². The smallest absolute Gasteiger partial charge is 0.180 e. The largest absolute Gasteiger partial charge is 0.293 e. The molecule has 2 nitrogen and oxygen atoms in total. The van der Waals surface area contributed by atoms with Crippen LogP contribution in [0.3, 0.4) is 0 Å². The molecular weight excluding hydrogens is 297 g/mol. The molecule has 0 aliphatic carbocycles. The second-order valence-corrected chi connectivity index (χ2v) is 4.89. The predicted molar refractivity (Wildman–Crippen MR) is 71.4 cm³/mol. The third-order valence-electron chi connectivity index (χ3n) is 2.67. The zero-order valence-electron chi connectivity index (χ0n) is 9.73. The number of Topliss-reactive ketones (excluding diaryl/α,β-unsaturated/α-hetero) is 1. The molecule has 0 saturated carbocycles. The van der Waals surface area contributed by atoms with Gasteiger partial charge in [0.15, 0.2) is 5.78 Å². The van der Waals surface area contributed by atoms with Crippen LogP contribution in [-0.4, -0.2) is 10.8 Å². The summed E-state index contributed by atoms with van der Waals surface area (Å²) in [5, 5.41) is 0.